The molecule has 1 aliphatic rings. The van der Waals surface area contributed by atoms with Crippen LogP contribution in [0.5, 0.6) is 0 Å². The number of nitroso groups, excluding NO2 is 1. The molecule has 5 heterocycles. The number of aryl methyl sites for hydroxylation is 1. The number of unbranched alkanes of at least 4 members (excludes halogenated alkanes) is 6. The maximum Gasteiger partial charge on any atom is 0.449 e. The highest BCUT2D eigenvalue weighted by atomic mass is 19.4. The number of ether oxygens (including phenoxy) is 2. The lowest BCUT2D eigenvalue weighted by Crippen LogP contribution is -2.41. The fourth-order valence-corrected chi connectivity index (χ4v) is 6.96. The molecule has 0 spiro atoms. The quantitative estimate of drug-likeness (QED) is 0.0680. The van der Waals surface area contributed by atoms with E-state index in [2.05, 4.69) is 17.1 Å². The summed E-state index contributed by atoms with van der Waals surface area (Å²) < 4.78 is 56.2. The van der Waals surface area contributed by atoms with E-state index in [-0.39, 0.29) is 78.8 Å². The Kier molecular flexibility index (Phi) is 21.8. The number of H-pyrrole nitrogens is 1. The van der Waals surface area contributed by atoms with E-state index in [0.29, 0.717) is 37.1 Å². The molecule has 5 rings (SSSR count). The lowest BCUT2D eigenvalue weighted by molar-refractivity contribution is -0.163. The molecule has 0 saturated carbocycles. The molecule has 1 atom stereocenters. The average molecular weight is 928 g/mol. The van der Waals surface area contributed by atoms with Crippen molar-refractivity contribution in [1.82, 2.24) is 37.4 Å². The highest BCUT2D eigenvalue weighted by molar-refractivity contribution is 5.70. The van der Waals surface area contributed by atoms with Crippen molar-refractivity contribution in [2.45, 2.75) is 163 Å². The van der Waals surface area contributed by atoms with Crippen LogP contribution in [0.15, 0.2) is 40.0 Å². The van der Waals surface area contributed by atoms with Gasteiger partial charge in [0.1, 0.15) is 17.2 Å². The van der Waals surface area contributed by atoms with Crippen LogP contribution in [-0.2, 0) is 54.9 Å². The van der Waals surface area contributed by atoms with Crippen molar-refractivity contribution in [3.63, 3.8) is 0 Å². The molecule has 0 aliphatic carbocycles. The molecule has 0 amide bonds. The van der Waals surface area contributed by atoms with E-state index >= 15 is 0 Å². The second-order valence-corrected chi connectivity index (χ2v) is 15.4. The van der Waals surface area contributed by atoms with Crippen LogP contribution in [0.25, 0.3) is 11.2 Å². The van der Waals surface area contributed by atoms with Gasteiger partial charge in [0.25, 0.3) is 16.7 Å². The number of aliphatic hydroxyl groups is 1. The number of aliphatic hydroxyl groups excluding tert-OH is 1. The predicted octanol–water partition coefficient (Wildman–Crippen LogP) is 4.00. The number of nitrogen functional groups attached to an aromatic ring is 2. The van der Waals surface area contributed by atoms with E-state index in [0.717, 1.165) is 79.8 Å². The van der Waals surface area contributed by atoms with Crippen molar-refractivity contribution in [2.24, 2.45) is 5.18 Å². The van der Waals surface area contributed by atoms with Crippen LogP contribution in [0.3, 0.4) is 0 Å². The maximum atomic E-state index is 12.8. The molecule has 1 fully saturated rings. The first-order valence-electron chi connectivity index (χ1n) is 22.2. The highest BCUT2D eigenvalue weighted by Gasteiger charge is 2.36. The molecule has 364 valence electrons. The van der Waals surface area contributed by atoms with Crippen molar-refractivity contribution in [2.75, 3.05) is 31.3 Å². The fraction of sp³-hybridized carbons (Fsp3) is 0.683. The van der Waals surface area contributed by atoms with Gasteiger partial charge in [0.05, 0.1) is 26.3 Å². The Morgan fingerprint density at radius 2 is 1.32 bits per heavy atom. The third-order valence-electron chi connectivity index (χ3n) is 10.5. The summed E-state index contributed by atoms with van der Waals surface area (Å²) in [7, 11) is 0. The maximum absolute atomic E-state index is 12.8. The van der Waals surface area contributed by atoms with E-state index in [1.165, 1.54) is 19.8 Å². The Morgan fingerprint density at radius 1 is 0.754 bits per heavy atom. The summed E-state index contributed by atoms with van der Waals surface area (Å²) >= 11 is 0. The third-order valence-corrected chi connectivity index (χ3v) is 10.5. The molecule has 4 aromatic heterocycles. The van der Waals surface area contributed by atoms with Gasteiger partial charge < -0.3 is 31.0 Å². The molecule has 21 nitrogen and oxygen atoms in total. The molecule has 4 aromatic rings. The van der Waals surface area contributed by atoms with Gasteiger partial charge in [-0.05, 0) is 50.1 Å². The van der Waals surface area contributed by atoms with Crippen LogP contribution < -0.4 is 45.2 Å². The number of hydrogen-bond donors (Lipinski definition) is 4. The molecule has 0 bridgehead atoms. The van der Waals surface area contributed by atoms with Gasteiger partial charge in [-0.15, -0.1) is 4.91 Å². The number of fused-ring (bicyclic) bond motifs is 1. The number of imidazole rings is 1. The van der Waals surface area contributed by atoms with E-state index in [4.69, 9.17) is 26.0 Å². The number of aromatic nitrogens is 8. The van der Waals surface area contributed by atoms with Gasteiger partial charge in [-0.25, -0.2) is 19.4 Å². The average Bonchev–Trinajstić information content (AvgIpc) is 3.74. The van der Waals surface area contributed by atoms with Gasteiger partial charge in [0, 0.05) is 38.9 Å². The van der Waals surface area contributed by atoms with Crippen LogP contribution in [0.4, 0.5) is 30.5 Å². The normalized spacial score (nSPS) is 13.9. The molecular formula is C41H64F3N11O10. The molecule has 24 heteroatoms. The number of nitrogens with zero attached hydrogens (tertiary/aromatic N) is 8. The van der Waals surface area contributed by atoms with Crippen molar-refractivity contribution in [3.8, 4) is 0 Å². The zero-order valence-electron chi connectivity index (χ0n) is 37.7. The van der Waals surface area contributed by atoms with Crippen LogP contribution >= 0.6 is 0 Å². The van der Waals surface area contributed by atoms with Gasteiger partial charge in [-0.3, -0.25) is 41.8 Å². The van der Waals surface area contributed by atoms with Crippen molar-refractivity contribution in [3.05, 3.63) is 79.3 Å². The van der Waals surface area contributed by atoms with Crippen LogP contribution in [0, 0.1) is 4.91 Å². The minimum atomic E-state index is -4.75. The van der Waals surface area contributed by atoms with E-state index in [1.807, 2.05) is 25.8 Å². The lowest BCUT2D eigenvalue weighted by atomic mass is 10.2. The first kappa shape index (κ1) is 53.7. The Bertz CT molecular complexity index is 2510. The molecule has 0 radical (unpaired) electrons. The van der Waals surface area contributed by atoms with Crippen molar-refractivity contribution in [1.29, 1.82) is 0 Å². The number of anilines is 2. The fourth-order valence-electron chi connectivity index (χ4n) is 6.96. The predicted molar refractivity (Wildman–Crippen MR) is 239 cm³/mol. The number of hydrogen-bond acceptors (Lipinski definition) is 14. The lowest BCUT2D eigenvalue weighted by Gasteiger charge is -2.22. The van der Waals surface area contributed by atoms with Gasteiger partial charge in [-0.2, -0.15) is 13.2 Å². The van der Waals surface area contributed by atoms with Gasteiger partial charge in [0.2, 0.25) is 11.5 Å². The SMILES string of the molecule is CCCCCn1c(=O)n(CCO)c(=O)c2[nH]c(C(F)(F)F)nc21.CCCCCn1c(N)c(N=O)c(=O)n(CCC)c1=O.CCCCCn1c(N)cc(=O)n(CCOC2CCCCO2)c1=O. The first-order valence-corrected chi connectivity index (χ1v) is 22.2. The van der Waals surface area contributed by atoms with E-state index in [1.54, 1.807) is 0 Å². The third kappa shape index (κ3) is 14.4. The Labute approximate surface area is 371 Å². The van der Waals surface area contributed by atoms with Crippen LogP contribution in [0.2, 0.25) is 0 Å². The van der Waals surface area contributed by atoms with Crippen LogP contribution in [0.1, 0.15) is 117 Å². The monoisotopic (exact) mass is 927 g/mol. The van der Waals surface area contributed by atoms with Gasteiger partial charge in [0.15, 0.2) is 11.9 Å². The first-order chi connectivity index (χ1) is 31.0. The molecule has 1 unspecified atom stereocenters. The molecule has 65 heavy (non-hydrogen) atoms. The number of nitrogens with one attached hydrogen (secondary N) is 1. The summed E-state index contributed by atoms with van der Waals surface area (Å²) in [6.07, 6.45) is 6.51. The zero-order valence-corrected chi connectivity index (χ0v) is 37.7. The minimum Gasteiger partial charge on any atom is -0.395 e. The van der Waals surface area contributed by atoms with Crippen LogP contribution in [-0.4, -0.2) is 68.6 Å². The van der Waals surface area contributed by atoms with E-state index < -0.39 is 41.1 Å². The molecular weight excluding hydrogens is 864 g/mol. The number of rotatable bonds is 21. The Morgan fingerprint density at radius 3 is 1.86 bits per heavy atom. The second kappa shape index (κ2) is 26.4. The van der Waals surface area contributed by atoms with E-state index in [9.17, 15) is 46.8 Å². The summed E-state index contributed by atoms with van der Waals surface area (Å²) in [5, 5.41) is 11.6. The largest absolute Gasteiger partial charge is 0.449 e. The van der Waals surface area contributed by atoms with Crippen molar-refractivity contribution >= 4 is 28.5 Å². The smallest absolute Gasteiger partial charge is 0.395 e. The summed E-state index contributed by atoms with van der Waals surface area (Å²) in [6.45, 7) is 9.69. The second-order valence-electron chi connectivity index (χ2n) is 15.4. The topological polar surface area (TPSA) is 281 Å². The zero-order chi connectivity index (χ0) is 48.3. The summed E-state index contributed by atoms with van der Waals surface area (Å²) in [5.41, 5.74) is 6.85. The minimum absolute atomic E-state index is 0.131. The highest BCUT2D eigenvalue weighted by Crippen LogP contribution is 2.27. The summed E-state index contributed by atoms with van der Waals surface area (Å²) in [5.74, 6) is -1.23. The van der Waals surface area contributed by atoms with Gasteiger partial charge >= 0.3 is 23.2 Å². The number of nitrogens with two attached hydrogens (primary N) is 2. The molecule has 0 aromatic carbocycles. The molecule has 1 saturated heterocycles. The summed E-state index contributed by atoms with van der Waals surface area (Å²) in [6, 6.07) is 1.31. The Hall–Kier alpha value is -5.62. The number of aromatic amines is 1. The standard InChI is InChI=1S/C16H27N3O4.C13H17F3N4O3.C12H20N4O3/c1-2-3-5-8-18-13(17)12-14(20)19(16(18)21)9-11-23-15-7-4-6-10-22-15;1-2-3-4-5-19-9-8(17-11(18-9)13(14,15)16)10(22)20(6-7-21)12(19)23;1-3-5-6-8-15-10(13)9(14-19)11(17)16(7-4-2)12(15)18/h12,15H,2-11,17H2,1H3;21H,2-7H2,1H3,(H,17,18);3-8,13H2,1-2H3. The Balaban J connectivity index is 0.000000261. The number of halogens is 3. The molecule has 1 aliphatic heterocycles. The van der Waals surface area contributed by atoms with Gasteiger partial charge in [-0.1, -0.05) is 66.2 Å². The summed E-state index contributed by atoms with van der Waals surface area (Å²) in [4.78, 5) is 89.1. The molecule has 6 N–H and O–H groups in total. The van der Waals surface area contributed by atoms with Crippen molar-refractivity contribution < 1.29 is 27.8 Å². The number of alkyl halides is 3.